The molecule has 0 spiro atoms. The molecule has 0 aliphatic rings. The van der Waals surface area contributed by atoms with Gasteiger partial charge >= 0.3 is 5.97 Å². The maximum Gasteiger partial charge on any atom is 0.340 e. The standard InChI is InChI=1S/C31H26N2O4S/c1-3-37-22-13-9-12-21(17-22)28-19-25(24-14-7-8-15-27(24)32-28)29(34)33-30-26(31(35)36-2)18-23(38-30)16-20-10-5-4-6-11-20/h4-15,17-19H,3,16H2,1-2H3,(H,33,34). The van der Waals surface area contributed by atoms with Gasteiger partial charge in [0.2, 0.25) is 0 Å². The van der Waals surface area contributed by atoms with Gasteiger partial charge in [0, 0.05) is 22.2 Å². The Morgan fingerprint density at radius 2 is 1.68 bits per heavy atom. The average Bonchev–Trinajstić information content (AvgIpc) is 3.34. The van der Waals surface area contributed by atoms with Crippen molar-refractivity contribution in [3.05, 3.63) is 113 Å². The molecule has 38 heavy (non-hydrogen) atoms. The van der Waals surface area contributed by atoms with Crippen LogP contribution in [0.25, 0.3) is 22.2 Å². The number of amides is 1. The van der Waals surface area contributed by atoms with Gasteiger partial charge < -0.3 is 14.8 Å². The third kappa shape index (κ3) is 5.43. The minimum Gasteiger partial charge on any atom is -0.494 e. The molecule has 7 heteroatoms. The lowest BCUT2D eigenvalue weighted by Crippen LogP contribution is -2.14. The second-order valence-corrected chi connectivity index (χ2v) is 9.73. The van der Waals surface area contributed by atoms with Gasteiger partial charge in [0.05, 0.1) is 36.1 Å². The van der Waals surface area contributed by atoms with Crippen LogP contribution in [0.4, 0.5) is 5.00 Å². The Morgan fingerprint density at radius 3 is 2.47 bits per heavy atom. The van der Waals surface area contributed by atoms with Crippen LogP contribution >= 0.6 is 11.3 Å². The predicted molar refractivity (Wildman–Crippen MR) is 151 cm³/mol. The predicted octanol–water partition coefficient (Wildman–Crippen LogP) is 6.99. The average molecular weight is 523 g/mol. The molecule has 2 aromatic heterocycles. The van der Waals surface area contributed by atoms with Crippen molar-refractivity contribution in [1.29, 1.82) is 0 Å². The van der Waals surface area contributed by atoms with E-state index in [0.717, 1.165) is 27.1 Å². The van der Waals surface area contributed by atoms with E-state index >= 15 is 0 Å². The quantitative estimate of drug-likeness (QED) is 0.222. The zero-order valence-electron chi connectivity index (χ0n) is 21.1. The minimum absolute atomic E-state index is 0.330. The number of anilines is 1. The molecule has 0 aliphatic carbocycles. The number of aromatic nitrogens is 1. The first-order chi connectivity index (χ1) is 18.6. The van der Waals surface area contributed by atoms with Crippen LogP contribution < -0.4 is 10.1 Å². The number of nitrogens with one attached hydrogen (secondary N) is 1. The van der Waals surface area contributed by atoms with E-state index in [1.807, 2.05) is 85.8 Å². The van der Waals surface area contributed by atoms with E-state index < -0.39 is 5.97 Å². The number of methoxy groups -OCH3 is 1. The topological polar surface area (TPSA) is 77.5 Å². The fourth-order valence-electron chi connectivity index (χ4n) is 4.27. The van der Waals surface area contributed by atoms with Crippen LogP contribution in [0.5, 0.6) is 5.75 Å². The number of nitrogens with zero attached hydrogens (tertiary/aromatic N) is 1. The van der Waals surface area contributed by atoms with Crippen LogP contribution in [-0.2, 0) is 11.2 Å². The smallest absolute Gasteiger partial charge is 0.340 e. The molecule has 1 amide bonds. The van der Waals surface area contributed by atoms with E-state index in [0.29, 0.717) is 40.4 Å². The zero-order valence-corrected chi connectivity index (χ0v) is 21.9. The van der Waals surface area contributed by atoms with Crippen molar-refractivity contribution in [2.75, 3.05) is 19.0 Å². The van der Waals surface area contributed by atoms with Gasteiger partial charge in [-0.3, -0.25) is 4.79 Å². The van der Waals surface area contributed by atoms with Gasteiger partial charge in [-0.1, -0.05) is 60.7 Å². The summed E-state index contributed by atoms with van der Waals surface area (Å²) in [5.74, 6) is -0.0915. The summed E-state index contributed by atoms with van der Waals surface area (Å²) in [6.45, 7) is 2.49. The number of fused-ring (bicyclic) bond motifs is 1. The molecule has 0 unspecified atom stereocenters. The number of ether oxygens (including phenoxy) is 2. The van der Waals surface area contributed by atoms with Crippen molar-refractivity contribution in [3.8, 4) is 17.0 Å². The number of pyridine rings is 1. The molecule has 5 aromatic rings. The largest absolute Gasteiger partial charge is 0.494 e. The maximum absolute atomic E-state index is 13.7. The highest BCUT2D eigenvalue weighted by atomic mass is 32.1. The Hall–Kier alpha value is -4.49. The molecule has 0 bridgehead atoms. The Kier molecular flexibility index (Phi) is 7.47. The number of para-hydroxylation sites is 1. The van der Waals surface area contributed by atoms with Crippen molar-refractivity contribution in [2.24, 2.45) is 0 Å². The molecule has 190 valence electrons. The summed E-state index contributed by atoms with van der Waals surface area (Å²) >= 11 is 1.37. The van der Waals surface area contributed by atoms with Gasteiger partial charge in [-0.25, -0.2) is 9.78 Å². The number of thiophene rings is 1. The highest BCUT2D eigenvalue weighted by Gasteiger charge is 2.21. The number of hydrogen-bond acceptors (Lipinski definition) is 6. The molecule has 0 aliphatic heterocycles. The molecule has 6 nitrogen and oxygen atoms in total. The third-order valence-electron chi connectivity index (χ3n) is 6.04. The van der Waals surface area contributed by atoms with Crippen LogP contribution in [0.15, 0.2) is 91.0 Å². The molecular formula is C31H26N2O4S. The number of carbonyl (C=O) groups is 2. The summed E-state index contributed by atoms with van der Waals surface area (Å²) in [7, 11) is 1.33. The Balaban J connectivity index is 1.52. The van der Waals surface area contributed by atoms with Crippen LogP contribution in [0.1, 0.15) is 38.1 Å². The lowest BCUT2D eigenvalue weighted by Gasteiger charge is -2.11. The van der Waals surface area contributed by atoms with Gasteiger partial charge in [-0.05, 0) is 42.8 Å². The lowest BCUT2D eigenvalue weighted by molar-refractivity contribution is 0.0602. The molecule has 0 atom stereocenters. The molecule has 0 fully saturated rings. The molecule has 3 aromatic carbocycles. The van der Waals surface area contributed by atoms with Gasteiger partial charge in [0.15, 0.2) is 0 Å². The molecule has 1 N–H and O–H groups in total. The van der Waals surface area contributed by atoms with Crippen molar-refractivity contribution in [2.45, 2.75) is 13.3 Å². The molecular weight excluding hydrogens is 496 g/mol. The normalized spacial score (nSPS) is 10.8. The molecule has 0 radical (unpaired) electrons. The first kappa shape index (κ1) is 25.2. The second kappa shape index (κ2) is 11.3. The van der Waals surface area contributed by atoms with Crippen molar-refractivity contribution in [1.82, 2.24) is 4.98 Å². The maximum atomic E-state index is 13.7. The summed E-state index contributed by atoms with van der Waals surface area (Å²) in [5, 5.41) is 4.15. The van der Waals surface area contributed by atoms with E-state index in [1.165, 1.54) is 18.4 Å². The number of benzene rings is 3. The van der Waals surface area contributed by atoms with Gasteiger partial charge in [-0.15, -0.1) is 11.3 Å². The Morgan fingerprint density at radius 1 is 0.895 bits per heavy atom. The van der Waals surface area contributed by atoms with E-state index in [9.17, 15) is 9.59 Å². The minimum atomic E-state index is -0.496. The Labute approximate surface area is 224 Å². The number of esters is 1. The SMILES string of the molecule is CCOc1cccc(-c2cc(C(=O)Nc3sc(Cc4ccccc4)cc3C(=O)OC)c3ccccc3n2)c1. The van der Waals surface area contributed by atoms with Gasteiger partial charge in [-0.2, -0.15) is 0 Å². The monoisotopic (exact) mass is 522 g/mol. The number of rotatable bonds is 8. The molecule has 0 saturated carbocycles. The summed E-state index contributed by atoms with van der Waals surface area (Å²) in [6.07, 6.45) is 0.643. The second-order valence-electron chi connectivity index (χ2n) is 8.60. The fraction of sp³-hybridized carbons (Fsp3) is 0.129. The molecule has 5 rings (SSSR count). The van der Waals surface area contributed by atoms with E-state index in [4.69, 9.17) is 14.5 Å². The van der Waals surface area contributed by atoms with E-state index in [2.05, 4.69) is 5.32 Å². The van der Waals surface area contributed by atoms with Gasteiger partial charge in [0.1, 0.15) is 10.8 Å². The summed E-state index contributed by atoms with van der Waals surface area (Å²) in [6, 6.07) is 28.7. The van der Waals surface area contributed by atoms with Crippen molar-refractivity contribution >= 4 is 39.1 Å². The number of hydrogen-bond donors (Lipinski definition) is 1. The van der Waals surface area contributed by atoms with Crippen LogP contribution in [0.2, 0.25) is 0 Å². The van der Waals surface area contributed by atoms with E-state index in [-0.39, 0.29) is 5.91 Å². The highest BCUT2D eigenvalue weighted by molar-refractivity contribution is 7.16. The lowest BCUT2D eigenvalue weighted by atomic mass is 10.0. The molecule has 0 saturated heterocycles. The summed E-state index contributed by atoms with van der Waals surface area (Å²) in [5.41, 5.74) is 4.09. The van der Waals surface area contributed by atoms with E-state index in [1.54, 1.807) is 12.1 Å². The third-order valence-corrected chi connectivity index (χ3v) is 7.09. The summed E-state index contributed by atoms with van der Waals surface area (Å²) < 4.78 is 10.7. The van der Waals surface area contributed by atoms with Crippen LogP contribution in [0, 0.1) is 0 Å². The Bertz CT molecular complexity index is 1610. The van der Waals surface area contributed by atoms with Crippen molar-refractivity contribution in [3.63, 3.8) is 0 Å². The number of carbonyl (C=O) groups excluding carboxylic acids is 2. The van der Waals surface area contributed by atoms with Gasteiger partial charge in [0.25, 0.3) is 5.91 Å². The van der Waals surface area contributed by atoms with Crippen LogP contribution in [-0.4, -0.2) is 30.6 Å². The zero-order chi connectivity index (χ0) is 26.5. The summed E-state index contributed by atoms with van der Waals surface area (Å²) in [4.78, 5) is 32.0. The molecule has 2 heterocycles. The fourth-order valence-corrected chi connectivity index (χ4v) is 5.35. The highest BCUT2D eigenvalue weighted by Crippen LogP contribution is 2.33. The first-order valence-electron chi connectivity index (χ1n) is 12.2. The van der Waals surface area contributed by atoms with Crippen LogP contribution in [0.3, 0.4) is 0 Å². The van der Waals surface area contributed by atoms with Crippen molar-refractivity contribution < 1.29 is 19.1 Å². The first-order valence-corrected chi connectivity index (χ1v) is 13.1.